The molecule has 146 valence electrons. The Kier molecular flexibility index (Phi) is 5.36. The summed E-state index contributed by atoms with van der Waals surface area (Å²) in [6.07, 6.45) is 2.20. The summed E-state index contributed by atoms with van der Waals surface area (Å²) < 4.78 is 16.7. The van der Waals surface area contributed by atoms with Gasteiger partial charge in [0.25, 0.3) is 11.2 Å². The zero-order valence-electron chi connectivity index (χ0n) is 14.6. The summed E-state index contributed by atoms with van der Waals surface area (Å²) in [5, 5.41) is 10.6. The van der Waals surface area contributed by atoms with Crippen LogP contribution in [0.5, 0.6) is 5.75 Å². The number of nitrogens with zero attached hydrogens (tertiary/aromatic N) is 2. The third kappa shape index (κ3) is 4.32. The van der Waals surface area contributed by atoms with Gasteiger partial charge in [-0.05, 0) is 25.1 Å². The van der Waals surface area contributed by atoms with Crippen molar-refractivity contribution in [2.24, 2.45) is 0 Å². The summed E-state index contributed by atoms with van der Waals surface area (Å²) >= 11 is 0. The fourth-order valence-electron chi connectivity index (χ4n) is 2.43. The van der Waals surface area contributed by atoms with Crippen LogP contribution in [-0.2, 0) is 9.47 Å². The average Bonchev–Trinajstić information content (AvgIpc) is 3.12. The second kappa shape index (κ2) is 7.88. The molecule has 3 rings (SSSR count). The Labute approximate surface area is 156 Å². The largest absolute Gasteiger partial charge is 0.513 e. The molecule has 0 fully saturated rings. The van der Waals surface area contributed by atoms with E-state index in [1.807, 2.05) is 0 Å². The maximum absolute atomic E-state index is 11.9. The van der Waals surface area contributed by atoms with Crippen LogP contribution in [0.25, 0.3) is 0 Å². The van der Waals surface area contributed by atoms with E-state index >= 15 is 0 Å². The zero-order chi connectivity index (χ0) is 20.3. The number of nitrogens with one attached hydrogen (secondary N) is 1. The van der Waals surface area contributed by atoms with Crippen LogP contribution in [-0.4, -0.2) is 33.3 Å². The number of nitro benzene ring substituents is 1. The second-order valence-electron chi connectivity index (χ2n) is 5.84. The van der Waals surface area contributed by atoms with Crippen molar-refractivity contribution < 1.29 is 23.9 Å². The molecule has 11 nitrogen and oxygen atoms in total. The Bertz CT molecular complexity index is 1040. The van der Waals surface area contributed by atoms with E-state index in [4.69, 9.17) is 14.2 Å². The van der Waals surface area contributed by atoms with Crippen molar-refractivity contribution in [3.05, 3.63) is 79.1 Å². The van der Waals surface area contributed by atoms with Crippen LogP contribution < -0.4 is 16.0 Å². The molecule has 0 spiro atoms. The number of hydrogen-bond donors (Lipinski definition) is 1. The molecular weight excluding hydrogens is 374 g/mol. The SMILES string of the molecule is Cc1cn([C@H]2C=C[C@@H](COC(=O)Oc3ccc([N+](=O)[O-])cc3)O2)c(=O)[nH]c1=O. The number of benzene rings is 1. The maximum atomic E-state index is 11.9. The maximum Gasteiger partial charge on any atom is 0.513 e. The van der Waals surface area contributed by atoms with Crippen LogP contribution in [0.4, 0.5) is 10.5 Å². The van der Waals surface area contributed by atoms with E-state index in [1.54, 1.807) is 19.1 Å². The van der Waals surface area contributed by atoms with E-state index in [9.17, 15) is 24.5 Å². The number of hydrogen-bond acceptors (Lipinski definition) is 8. The topological polar surface area (TPSA) is 143 Å². The first-order chi connectivity index (χ1) is 13.3. The highest BCUT2D eigenvalue weighted by Gasteiger charge is 2.23. The quantitative estimate of drug-likeness (QED) is 0.266. The van der Waals surface area contributed by atoms with Crippen molar-refractivity contribution in [1.29, 1.82) is 0 Å². The molecule has 2 atom stereocenters. The smallest absolute Gasteiger partial charge is 0.431 e. The first kappa shape index (κ1) is 19.0. The minimum Gasteiger partial charge on any atom is -0.431 e. The molecular formula is C17H15N3O8. The van der Waals surface area contributed by atoms with Gasteiger partial charge in [-0.1, -0.05) is 6.08 Å². The molecule has 1 N–H and O–H groups in total. The average molecular weight is 389 g/mol. The number of ether oxygens (including phenoxy) is 3. The number of carbonyl (C=O) groups is 1. The molecule has 28 heavy (non-hydrogen) atoms. The molecule has 1 aromatic carbocycles. The predicted molar refractivity (Wildman–Crippen MR) is 94.2 cm³/mol. The van der Waals surface area contributed by atoms with Gasteiger partial charge in [-0.15, -0.1) is 0 Å². The third-order valence-corrected chi connectivity index (χ3v) is 3.84. The zero-order valence-corrected chi connectivity index (χ0v) is 14.6. The Morgan fingerprint density at radius 3 is 2.68 bits per heavy atom. The van der Waals surface area contributed by atoms with Crippen molar-refractivity contribution in [3.63, 3.8) is 0 Å². The van der Waals surface area contributed by atoms with Crippen molar-refractivity contribution in [3.8, 4) is 5.75 Å². The number of aromatic nitrogens is 2. The van der Waals surface area contributed by atoms with Crippen LogP contribution >= 0.6 is 0 Å². The second-order valence-corrected chi connectivity index (χ2v) is 5.84. The molecule has 2 aromatic rings. The van der Waals surface area contributed by atoms with E-state index < -0.39 is 34.7 Å². The standard InChI is InChI=1S/C17H15N3O8/c1-10-8-19(16(22)18-15(10)21)14-7-6-13(27-14)9-26-17(23)28-12-4-2-11(3-5-12)20(24)25/h2-8,13-14H,9H2,1H3,(H,18,21,22)/t13-,14+/m0/s1. The van der Waals surface area contributed by atoms with Crippen LogP contribution in [0, 0.1) is 17.0 Å². The number of rotatable bonds is 5. The van der Waals surface area contributed by atoms with Crippen molar-refractivity contribution in [1.82, 2.24) is 9.55 Å². The van der Waals surface area contributed by atoms with E-state index in [2.05, 4.69) is 4.98 Å². The van der Waals surface area contributed by atoms with E-state index in [-0.39, 0.29) is 18.0 Å². The molecule has 1 aliphatic heterocycles. The van der Waals surface area contributed by atoms with E-state index in [0.717, 1.165) is 0 Å². The molecule has 1 aromatic heterocycles. The first-order valence-corrected chi connectivity index (χ1v) is 8.08. The van der Waals surface area contributed by atoms with Gasteiger partial charge in [0.1, 0.15) is 18.5 Å². The summed E-state index contributed by atoms with van der Waals surface area (Å²) in [6, 6.07) is 4.93. The lowest BCUT2D eigenvalue weighted by Crippen LogP contribution is -2.33. The lowest BCUT2D eigenvalue weighted by molar-refractivity contribution is -0.384. The van der Waals surface area contributed by atoms with Crippen LogP contribution in [0.1, 0.15) is 11.8 Å². The van der Waals surface area contributed by atoms with Crippen LogP contribution in [0.2, 0.25) is 0 Å². The molecule has 0 amide bonds. The highest BCUT2D eigenvalue weighted by atomic mass is 16.7. The number of aryl methyl sites for hydroxylation is 1. The molecule has 2 heterocycles. The number of non-ortho nitro benzene ring substituents is 1. The predicted octanol–water partition coefficient (Wildman–Crippen LogP) is 1.42. The number of aromatic amines is 1. The van der Waals surface area contributed by atoms with Gasteiger partial charge in [-0.3, -0.25) is 24.5 Å². The normalized spacial score (nSPS) is 18.0. The molecule has 0 saturated carbocycles. The van der Waals surface area contributed by atoms with Crippen molar-refractivity contribution in [2.75, 3.05) is 6.61 Å². The summed E-state index contributed by atoms with van der Waals surface area (Å²) in [7, 11) is 0. The van der Waals surface area contributed by atoms with Crippen molar-refractivity contribution >= 4 is 11.8 Å². The van der Waals surface area contributed by atoms with Gasteiger partial charge < -0.3 is 14.2 Å². The number of carbonyl (C=O) groups excluding carboxylic acids is 1. The van der Waals surface area contributed by atoms with Crippen LogP contribution in [0.15, 0.2) is 52.2 Å². The Balaban J connectivity index is 1.52. The monoisotopic (exact) mass is 389 g/mol. The highest BCUT2D eigenvalue weighted by molar-refractivity contribution is 5.64. The Morgan fingerprint density at radius 1 is 1.29 bits per heavy atom. The lowest BCUT2D eigenvalue weighted by atomic mass is 10.3. The fraction of sp³-hybridized carbons (Fsp3) is 0.235. The van der Waals surface area contributed by atoms with Gasteiger partial charge in [0.2, 0.25) is 0 Å². The summed E-state index contributed by atoms with van der Waals surface area (Å²) in [5.74, 6) is 0.0895. The summed E-state index contributed by atoms with van der Waals surface area (Å²) in [5.41, 5.74) is -0.881. The third-order valence-electron chi connectivity index (χ3n) is 3.84. The summed E-state index contributed by atoms with van der Waals surface area (Å²) in [4.78, 5) is 47.2. The van der Waals surface area contributed by atoms with Gasteiger partial charge in [0, 0.05) is 23.9 Å². The number of nitro groups is 1. The van der Waals surface area contributed by atoms with Crippen LogP contribution in [0.3, 0.4) is 0 Å². The van der Waals surface area contributed by atoms with E-state index in [1.165, 1.54) is 35.0 Å². The molecule has 11 heteroatoms. The minimum atomic E-state index is -1.01. The fourth-order valence-corrected chi connectivity index (χ4v) is 2.43. The molecule has 0 saturated heterocycles. The molecule has 0 unspecified atom stereocenters. The van der Waals surface area contributed by atoms with Gasteiger partial charge in [-0.2, -0.15) is 0 Å². The van der Waals surface area contributed by atoms with Gasteiger partial charge >= 0.3 is 11.8 Å². The molecule has 0 bridgehead atoms. The minimum absolute atomic E-state index is 0.0895. The molecule has 0 aliphatic carbocycles. The van der Waals surface area contributed by atoms with Crippen molar-refractivity contribution in [2.45, 2.75) is 19.3 Å². The van der Waals surface area contributed by atoms with Gasteiger partial charge in [0.05, 0.1) is 4.92 Å². The lowest BCUT2D eigenvalue weighted by Gasteiger charge is -2.16. The first-order valence-electron chi connectivity index (χ1n) is 8.08. The summed E-state index contributed by atoms with van der Waals surface area (Å²) in [6.45, 7) is 1.39. The van der Waals surface area contributed by atoms with E-state index in [0.29, 0.717) is 5.56 Å². The number of H-pyrrole nitrogens is 1. The molecule has 0 radical (unpaired) electrons. The van der Waals surface area contributed by atoms with Gasteiger partial charge in [0.15, 0.2) is 6.23 Å². The Morgan fingerprint density at radius 2 is 2.00 bits per heavy atom. The highest BCUT2D eigenvalue weighted by Crippen LogP contribution is 2.21. The Hall–Kier alpha value is -3.73. The molecule has 1 aliphatic rings. The van der Waals surface area contributed by atoms with Gasteiger partial charge in [-0.25, -0.2) is 9.59 Å².